The zero-order valence-electron chi connectivity index (χ0n) is 9.14. The third-order valence-electron chi connectivity index (χ3n) is 2.16. The number of nitrogen functional groups attached to an aromatic ring is 1. The van der Waals surface area contributed by atoms with Crippen LogP contribution < -0.4 is 11.1 Å². The molecular weight excluding hydrogens is 240 g/mol. The van der Waals surface area contributed by atoms with E-state index < -0.39 is 9.84 Å². The summed E-state index contributed by atoms with van der Waals surface area (Å²) in [6.07, 6.45) is 1.09. The molecule has 2 aromatic rings. The van der Waals surface area contributed by atoms with Gasteiger partial charge in [-0.2, -0.15) is 5.10 Å². The molecule has 90 valence electrons. The number of benzene rings is 1. The van der Waals surface area contributed by atoms with Gasteiger partial charge in [0.15, 0.2) is 20.6 Å². The fourth-order valence-electron chi connectivity index (χ4n) is 1.46. The van der Waals surface area contributed by atoms with E-state index in [0.717, 1.165) is 11.9 Å². The smallest absolute Gasteiger partial charge is 0.182 e. The minimum absolute atomic E-state index is 0.0126. The largest absolute Gasteiger partial charge is 0.383 e. The van der Waals surface area contributed by atoms with Gasteiger partial charge in [-0.25, -0.2) is 8.42 Å². The number of nitrogens with one attached hydrogen (secondary N) is 2. The zero-order chi connectivity index (χ0) is 12.5. The van der Waals surface area contributed by atoms with E-state index in [1.165, 1.54) is 0 Å². The van der Waals surface area contributed by atoms with E-state index in [1.54, 1.807) is 12.1 Å². The van der Waals surface area contributed by atoms with Gasteiger partial charge in [0.25, 0.3) is 0 Å². The molecule has 6 nitrogen and oxygen atoms in total. The van der Waals surface area contributed by atoms with Crippen molar-refractivity contribution in [3.8, 4) is 0 Å². The summed E-state index contributed by atoms with van der Waals surface area (Å²) >= 11 is 0. The molecule has 0 atom stereocenters. The Kier molecular flexibility index (Phi) is 2.76. The van der Waals surface area contributed by atoms with Crippen molar-refractivity contribution in [2.24, 2.45) is 0 Å². The van der Waals surface area contributed by atoms with Crippen LogP contribution in [-0.4, -0.2) is 24.9 Å². The van der Waals surface area contributed by atoms with Crippen LogP contribution in [0.5, 0.6) is 0 Å². The van der Waals surface area contributed by atoms with Crippen LogP contribution in [0.1, 0.15) is 0 Å². The van der Waals surface area contributed by atoms with E-state index in [2.05, 4.69) is 15.5 Å². The molecule has 1 aromatic heterocycles. The normalized spacial score (nSPS) is 11.4. The number of anilines is 3. The van der Waals surface area contributed by atoms with Crippen LogP contribution in [0.25, 0.3) is 0 Å². The highest BCUT2D eigenvalue weighted by Gasteiger charge is 2.20. The van der Waals surface area contributed by atoms with Crippen LogP contribution in [0.2, 0.25) is 0 Å². The summed E-state index contributed by atoms with van der Waals surface area (Å²) in [5, 5.41) is 9.19. The van der Waals surface area contributed by atoms with Gasteiger partial charge in [-0.15, -0.1) is 0 Å². The van der Waals surface area contributed by atoms with Crippen molar-refractivity contribution in [2.45, 2.75) is 4.90 Å². The second-order valence-electron chi connectivity index (χ2n) is 3.58. The first-order valence-electron chi connectivity index (χ1n) is 4.84. The van der Waals surface area contributed by atoms with E-state index in [4.69, 9.17) is 5.73 Å². The van der Waals surface area contributed by atoms with Gasteiger partial charge in [-0.1, -0.05) is 18.2 Å². The first-order chi connectivity index (χ1) is 7.98. The number of aromatic nitrogens is 2. The molecular formula is C10H12N4O2S. The lowest BCUT2D eigenvalue weighted by Crippen LogP contribution is -2.03. The molecule has 0 amide bonds. The Labute approximate surface area is 98.8 Å². The van der Waals surface area contributed by atoms with Crippen molar-refractivity contribution < 1.29 is 8.42 Å². The average Bonchev–Trinajstić information content (AvgIpc) is 2.60. The van der Waals surface area contributed by atoms with Gasteiger partial charge in [0, 0.05) is 11.9 Å². The maximum absolute atomic E-state index is 11.5. The Bertz CT molecular complexity index is 619. The molecule has 1 heterocycles. The summed E-state index contributed by atoms with van der Waals surface area (Å²) < 4.78 is 23.1. The molecule has 1 aromatic carbocycles. The van der Waals surface area contributed by atoms with Gasteiger partial charge >= 0.3 is 0 Å². The van der Waals surface area contributed by atoms with Gasteiger partial charge < -0.3 is 11.1 Å². The molecule has 0 unspecified atom stereocenters. The maximum atomic E-state index is 11.5. The first kappa shape index (κ1) is 11.5. The molecule has 0 fully saturated rings. The molecule has 2 rings (SSSR count). The molecule has 7 heteroatoms. The summed E-state index contributed by atoms with van der Waals surface area (Å²) in [4.78, 5) is -0.0126. The van der Waals surface area contributed by atoms with E-state index >= 15 is 0 Å². The maximum Gasteiger partial charge on any atom is 0.182 e. The van der Waals surface area contributed by atoms with E-state index in [9.17, 15) is 8.42 Å². The average molecular weight is 252 g/mol. The second-order valence-corrected chi connectivity index (χ2v) is 5.53. The van der Waals surface area contributed by atoms with Gasteiger partial charge in [0.1, 0.15) is 5.82 Å². The number of para-hydroxylation sites is 1. The lowest BCUT2D eigenvalue weighted by atomic mass is 10.3. The van der Waals surface area contributed by atoms with Crippen LogP contribution in [0.15, 0.2) is 35.2 Å². The highest BCUT2D eigenvalue weighted by atomic mass is 32.2. The quantitative estimate of drug-likeness (QED) is 0.760. The van der Waals surface area contributed by atoms with Gasteiger partial charge in [0.2, 0.25) is 0 Å². The molecule has 0 aliphatic heterocycles. The third-order valence-corrected chi connectivity index (χ3v) is 3.31. The number of nitrogens with two attached hydrogens (primary N) is 1. The Morgan fingerprint density at radius 1 is 1.29 bits per heavy atom. The van der Waals surface area contributed by atoms with Crippen molar-refractivity contribution in [3.05, 3.63) is 30.3 Å². The number of nitrogens with zero attached hydrogens (tertiary/aromatic N) is 1. The molecule has 0 spiro atoms. The fourth-order valence-corrected chi connectivity index (χ4v) is 2.36. The van der Waals surface area contributed by atoms with E-state index in [1.807, 2.05) is 18.2 Å². The Morgan fingerprint density at radius 2 is 1.94 bits per heavy atom. The van der Waals surface area contributed by atoms with Crippen LogP contribution in [0, 0.1) is 0 Å². The number of aromatic amines is 1. The molecule has 0 bridgehead atoms. The minimum Gasteiger partial charge on any atom is -0.383 e. The summed E-state index contributed by atoms with van der Waals surface area (Å²) in [6.45, 7) is 0. The van der Waals surface area contributed by atoms with Crippen molar-refractivity contribution in [1.82, 2.24) is 10.2 Å². The lowest BCUT2D eigenvalue weighted by molar-refractivity contribution is 0.602. The van der Waals surface area contributed by atoms with Gasteiger partial charge in [-0.3, -0.25) is 5.10 Å². The number of hydrogen-bond donors (Lipinski definition) is 3. The van der Waals surface area contributed by atoms with Crippen molar-refractivity contribution >= 4 is 27.2 Å². The van der Waals surface area contributed by atoms with E-state index in [-0.39, 0.29) is 16.5 Å². The molecule has 0 aliphatic rings. The van der Waals surface area contributed by atoms with Crippen LogP contribution in [0.4, 0.5) is 17.3 Å². The minimum atomic E-state index is -3.42. The predicted octanol–water partition coefficient (Wildman–Crippen LogP) is 1.14. The Hall–Kier alpha value is -2.02. The molecule has 0 radical (unpaired) electrons. The first-order valence-corrected chi connectivity index (χ1v) is 6.73. The third kappa shape index (κ3) is 2.39. The second kappa shape index (κ2) is 4.10. The summed E-state index contributed by atoms with van der Waals surface area (Å²) in [6, 6.07) is 9.13. The summed E-state index contributed by atoms with van der Waals surface area (Å²) in [5.74, 6) is 0.238. The number of rotatable bonds is 3. The Morgan fingerprint density at radius 3 is 2.53 bits per heavy atom. The molecule has 4 N–H and O–H groups in total. The van der Waals surface area contributed by atoms with Crippen LogP contribution >= 0.6 is 0 Å². The zero-order valence-corrected chi connectivity index (χ0v) is 9.95. The van der Waals surface area contributed by atoms with Crippen LogP contribution in [0.3, 0.4) is 0 Å². The van der Waals surface area contributed by atoms with E-state index in [0.29, 0.717) is 0 Å². The molecule has 0 saturated carbocycles. The van der Waals surface area contributed by atoms with Gasteiger partial charge in [0.05, 0.1) is 0 Å². The van der Waals surface area contributed by atoms with Crippen molar-refractivity contribution in [2.75, 3.05) is 17.3 Å². The van der Waals surface area contributed by atoms with Crippen molar-refractivity contribution in [1.29, 1.82) is 0 Å². The number of H-pyrrole nitrogens is 1. The SMILES string of the molecule is CS(=O)(=O)c1c(Nc2ccccc2)n[nH]c1N. The topological polar surface area (TPSA) is 101 Å². The number of hydrogen-bond acceptors (Lipinski definition) is 5. The molecule has 0 saturated heterocycles. The lowest BCUT2D eigenvalue weighted by Gasteiger charge is -2.04. The number of sulfone groups is 1. The summed E-state index contributed by atoms with van der Waals surface area (Å²) in [7, 11) is -3.42. The summed E-state index contributed by atoms with van der Waals surface area (Å²) in [5.41, 5.74) is 6.28. The highest BCUT2D eigenvalue weighted by molar-refractivity contribution is 7.91. The Balaban J connectivity index is 2.42. The van der Waals surface area contributed by atoms with Crippen LogP contribution in [-0.2, 0) is 9.84 Å². The standard InChI is InChI=1S/C10H12N4O2S/c1-17(15,16)8-9(11)13-14-10(8)12-7-5-3-2-4-6-7/h2-6H,1H3,(H4,11,12,13,14). The fraction of sp³-hybridized carbons (Fsp3) is 0.100. The van der Waals surface area contributed by atoms with Crippen molar-refractivity contribution in [3.63, 3.8) is 0 Å². The molecule has 0 aliphatic carbocycles. The molecule has 17 heavy (non-hydrogen) atoms. The van der Waals surface area contributed by atoms with Gasteiger partial charge in [-0.05, 0) is 12.1 Å². The predicted molar refractivity (Wildman–Crippen MR) is 65.8 cm³/mol. The monoisotopic (exact) mass is 252 g/mol. The highest BCUT2D eigenvalue weighted by Crippen LogP contribution is 2.26.